The molecule has 1 saturated carbocycles. The molecule has 17 heavy (non-hydrogen) atoms. The zero-order valence-corrected chi connectivity index (χ0v) is 9.85. The highest BCUT2D eigenvalue weighted by molar-refractivity contribution is 5.70. The fourth-order valence-corrected chi connectivity index (χ4v) is 2.24. The number of hydrogen-bond acceptors (Lipinski definition) is 5. The van der Waals surface area contributed by atoms with Crippen molar-refractivity contribution in [2.45, 2.75) is 45.2 Å². The number of carbonyl (C=O) groups is 1. The number of aromatic nitrogens is 2. The van der Waals surface area contributed by atoms with Gasteiger partial charge in [-0.05, 0) is 19.3 Å². The van der Waals surface area contributed by atoms with Crippen molar-refractivity contribution in [1.29, 1.82) is 0 Å². The molecule has 6 heteroatoms. The summed E-state index contributed by atoms with van der Waals surface area (Å²) in [4.78, 5) is 10.9. The fraction of sp³-hybridized carbons (Fsp3) is 0.727. The van der Waals surface area contributed by atoms with E-state index < -0.39 is 5.97 Å². The predicted molar refractivity (Wildman–Crippen MR) is 59.3 cm³/mol. The molecule has 1 aliphatic carbocycles. The Balaban J connectivity index is 1.81. The van der Waals surface area contributed by atoms with Gasteiger partial charge < -0.3 is 14.8 Å². The summed E-state index contributed by atoms with van der Waals surface area (Å²) in [6.45, 7) is 2.26. The third-order valence-electron chi connectivity index (χ3n) is 3.13. The number of nitrogens with one attached hydrogen (secondary N) is 1. The summed E-state index contributed by atoms with van der Waals surface area (Å²) < 4.78 is 5.25. The first-order chi connectivity index (χ1) is 8.15. The van der Waals surface area contributed by atoms with Crippen molar-refractivity contribution in [1.82, 2.24) is 15.5 Å². The van der Waals surface area contributed by atoms with Crippen LogP contribution in [0.3, 0.4) is 0 Å². The van der Waals surface area contributed by atoms with Crippen LogP contribution >= 0.6 is 0 Å². The quantitative estimate of drug-likeness (QED) is 0.818. The Morgan fingerprint density at radius 1 is 1.53 bits per heavy atom. The molecule has 0 bridgehead atoms. The number of aryl methyl sites for hydroxylation is 1. The smallest absolute Gasteiger partial charge is 0.306 e. The van der Waals surface area contributed by atoms with Gasteiger partial charge in [-0.3, -0.25) is 4.79 Å². The molecule has 1 fully saturated rings. The van der Waals surface area contributed by atoms with Crippen molar-refractivity contribution in [2.75, 3.05) is 0 Å². The first-order valence-electron chi connectivity index (χ1n) is 5.90. The van der Waals surface area contributed by atoms with Crippen LogP contribution in [-0.2, 0) is 11.3 Å². The minimum absolute atomic E-state index is 0.217. The van der Waals surface area contributed by atoms with Crippen molar-refractivity contribution in [3.63, 3.8) is 0 Å². The van der Waals surface area contributed by atoms with Gasteiger partial charge >= 0.3 is 5.97 Å². The summed E-state index contributed by atoms with van der Waals surface area (Å²) in [6.07, 6.45) is 3.43. The van der Waals surface area contributed by atoms with Gasteiger partial charge in [-0.2, -0.15) is 0 Å². The molecule has 1 aromatic heterocycles. The van der Waals surface area contributed by atoms with Crippen LogP contribution < -0.4 is 5.32 Å². The lowest BCUT2D eigenvalue weighted by Gasteiger charge is -2.26. The van der Waals surface area contributed by atoms with E-state index in [1.165, 1.54) is 0 Å². The molecule has 0 spiro atoms. The highest BCUT2D eigenvalue weighted by Crippen LogP contribution is 2.24. The second kappa shape index (κ2) is 5.27. The van der Waals surface area contributed by atoms with E-state index in [9.17, 15) is 4.79 Å². The van der Waals surface area contributed by atoms with Crippen molar-refractivity contribution in [2.24, 2.45) is 5.92 Å². The van der Waals surface area contributed by atoms with E-state index in [0.29, 0.717) is 24.7 Å². The monoisotopic (exact) mass is 239 g/mol. The average Bonchev–Trinajstić information content (AvgIpc) is 2.73. The summed E-state index contributed by atoms with van der Waals surface area (Å²) in [5.74, 6) is 0.199. The molecule has 0 radical (unpaired) electrons. The van der Waals surface area contributed by atoms with Crippen molar-refractivity contribution < 1.29 is 14.3 Å². The molecular weight excluding hydrogens is 222 g/mol. The Labute approximate surface area is 99.4 Å². The van der Waals surface area contributed by atoms with Gasteiger partial charge in [0.15, 0.2) is 0 Å². The maximum Gasteiger partial charge on any atom is 0.306 e. The molecule has 2 N–H and O–H groups in total. The summed E-state index contributed by atoms with van der Waals surface area (Å²) in [5.41, 5.74) is 0. The van der Waals surface area contributed by atoms with E-state index in [0.717, 1.165) is 19.3 Å². The highest BCUT2D eigenvalue weighted by Gasteiger charge is 2.26. The van der Waals surface area contributed by atoms with Crippen molar-refractivity contribution in [3.8, 4) is 0 Å². The molecule has 0 aromatic carbocycles. The summed E-state index contributed by atoms with van der Waals surface area (Å²) in [6, 6.07) is 0.233. The topological polar surface area (TPSA) is 88.2 Å². The lowest BCUT2D eigenvalue weighted by Crippen LogP contribution is -2.36. The van der Waals surface area contributed by atoms with Gasteiger partial charge in [0.25, 0.3) is 0 Å². The lowest BCUT2D eigenvalue weighted by molar-refractivity contribution is -0.143. The number of rotatable bonds is 4. The molecule has 2 unspecified atom stereocenters. The van der Waals surface area contributed by atoms with Crippen LogP contribution in [0.25, 0.3) is 0 Å². The van der Waals surface area contributed by atoms with Gasteiger partial charge in [-0.25, -0.2) is 0 Å². The van der Waals surface area contributed by atoms with Crippen LogP contribution in [0.2, 0.25) is 0 Å². The van der Waals surface area contributed by atoms with Gasteiger partial charge in [0, 0.05) is 13.0 Å². The number of hydrogen-bond donors (Lipinski definition) is 2. The van der Waals surface area contributed by atoms with Crippen LogP contribution in [0.4, 0.5) is 0 Å². The van der Waals surface area contributed by atoms with Crippen molar-refractivity contribution in [3.05, 3.63) is 11.8 Å². The standard InChI is InChI=1S/C11H17N3O3/c1-7-13-14-10(17-7)6-12-9-4-2-3-8(5-9)11(15)16/h8-9,12H,2-6H2,1H3,(H,15,16). The maximum atomic E-state index is 10.9. The fourth-order valence-electron chi connectivity index (χ4n) is 2.24. The van der Waals surface area contributed by atoms with Crippen LogP contribution in [0.5, 0.6) is 0 Å². The van der Waals surface area contributed by atoms with Gasteiger partial charge in [-0.15, -0.1) is 10.2 Å². The molecule has 0 amide bonds. The zero-order valence-electron chi connectivity index (χ0n) is 9.85. The Morgan fingerprint density at radius 2 is 2.35 bits per heavy atom. The number of carboxylic acids is 1. The van der Waals surface area contributed by atoms with E-state index in [1.807, 2.05) is 0 Å². The first kappa shape index (κ1) is 12.0. The Hall–Kier alpha value is -1.43. The molecule has 6 nitrogen and oxygen atoms in total. The van der Waals surface area contributed by atoms with Gasteiger partial charge in [0.2, 0.25) is 11.8 Å². The van der Waals surface area contributed by atoms with E-state index in [1.54, 1.807) is 6.92 Å². The van der Waals surface area contributed by atoms with E-state index in [4.69, 9.17) is 9.52 Å². The average molecular weight is 239 g/mol. The van der Waals surface area contributed by atoms with Crippen LogP contribution in [0.1, 0.15) is 37.5 Å². The van der Waals surface area contributed by atoms with Gasteiger partial charge in [0.05, 0.1) is 12.5 Å². The largest absolute Gasteiger partial charge is 0.481 e. The highest BCUT2D eigenvalue weighted by atomic mass is 16.4. The van der Waals surface area contributed by atoms with E-state index in [2.05, 4.69) is 15.5 Å². The molecular formula is C11H17N3O3. The molecule has 2 atom stereocenters. The maximum absolute atomic E-state index is 10.9. The normalized spacial score (nSPS) is 24.8. The van der Waals surface area contributed by atoms with Gasteiger partial charge in [0.1, 0.15) is 0 Å². The minimum atomic E-state index is -0.690. The van der Waals surface area contributed by atoms with Crippen LogP contribution in [-0.4, -0.2) is 27.3 Å². The summed E-state index contributed by atoms with van der Waals surface area (Å²) in [5, 5.41) is 19.9. The lowest BCUT2D eigenvalue weighted by atomic mass is 9.86. The third kappa shape index (κ3) is 3.26. The number of carboxylic acid groups (broad SMARTS) is 1. The first-order valence-corrected chi connectivity index (χ1v) is 5.90. The second-order valence-corrected chi connectivity index (χ2v) is 4.49. The molecule has 1 heterocycles. The summed E-state index contributed by atoms with van der Waals surface area (Å²) in [7, 11) is 0. The molecule has 2 rings (SSSR count). The zero-order chi connectivity index (χ0) is 12.3. The minimum Gasteiger partial charge on any atom is -0.481 e. The van der Waals surface area contributed by atoms with E-state index in [-0.39, 0.29) is 12.0 Å². The van der Waals surface area contributed by atoms with Crippen molar-refractivity contribution >= 4 is 5.97 Å². The number of aliphatic carboxylic acids is 1. The molecule has 1 aliphatic rings. The predicted octanol–water partition coefficient (Wildman–Crippen LogP) is 1.11. The second-order valence-electron chi connectivity index (χ2n) is 4.49. The Kier molecular flexibility index (Phi) is 3.73. The third-order valence-corrected chi connectivity index (χ3v) is 3.13. The molecule has 0 saturated heterocycles. The molecule has 1 aromatic rings. The summed E-state index contributed by atoms with van der Waals surface area (Å²) >= 11 is 0. The van der Waals surface area contributed by atoms with Crippen LogP contribution in [0.15, 0.2) is 4.42 Å². The van der Waals surface area contributed by atoms with E-state index >= 15 is 0 Å². The number of nitrogens with zero attached hydrogens (tertiary/aromatic N) is 2. The Bertz CT molecular complexity index is 391. The molecule has 0 aliphatic heterocycles. The molecule has 94 valence electrons. The van der Waals surface area contributed by atoms with Crippen LogP contribution in [0, 0.1) is 12.8 Å². The SMILES string of the molecule is Cc1nnc(CNC2CCCC(C(=O)O)C2)o1. The Morgan fingerprint density at radius 3 is 3.00 bits per heavy atom. The van der Waals surface area contributed by atoms with Gasteiger partial charge in [-0.1, -0.05) is 6.42 Å².